The van der Waals surface area contributed by atoms with Crippen LogP contribution in [0.4, 0.5) is 13.2 Å². The number of benzene rings is 2. The Kier molecular flexibility index (Phi) is 6.53. The molecule has 2 heterocycles. The third-order valence-corrected chi connectivity index (χ3v) is 6.90. The molecule has 4 rings (SSSR count). The monoisotopic (exact) mass is 434 g/mol. The molecule has 2 aromatic rings. The Hall–Kier alpha value is -1.80. The average molecular weight is 435 g/mol. The van der Waals surface area contributed by atoms with Gasteiger partial charge in [-0.05, 0) is 35.4 Å². The fourth-order valence-corrected chi connectivity index (χ4v) is 5.20. The molecule has 0 bridgehead atoms. The van der Waals surface area contributed by atoms with Gasteiger partial charge >= 0.3 is 6.18 Å². The summed E-state index contributed by atoms with van der Waals surface area (Å²) in [6, 6.07) is 12.0. The number of rotatable bonds is 5. The summed E-state index contributed by atoms with van der Waals surface area (Å²) in [5.41, 5.74) is 1.18. The third-order valence-electron chi connectivity index (χ3n) is 5.72. The van der Waals surface area contributed by atoms with Crippen molar-refractivity contribution in [1.82, 2.24) is 9.80 Å². The molecule has 0 radical (unpaired) electrons. The molecule has 0 amide bonds. The Bertz CT molecular complexity index is 908. The number of halogens is 3. The first-order valence-corrected chi connectivity index (χ1v) is 11.0. The quantitative estimate of drug-likeness (QED) is 0.703. The van der Waals surface area contributed by atoms with Gasteiger partial charge in [-0.15, -0.1) is 0 Å². The summed E-state index contributed by atoms with van der Waals surface area (Å²) in [6.07, 6.45) is -0.208. The Labute approximate surface area is 179 Å². The van der Waals surface area contributed by atoms with Gasteiger partial charge in [0, 0.05) is 55.0 Å². The topological polar surface area (TPSA) is 26.7 Å². The molecular weight excluding hydrogens is 409 g/mol. The van der Waals surface area contributed by atoms with E-state index in [1.165, 1.54) is 23.9 Å². The van der Waals surface area contributed by atoms with Crippen LogP contribution in [0.2, 0.25) is 0 Å². The normalized spacial score (nSPS) is 20.3. The van der Waals surface area contributed by atoms with E-state index < -0.39 is 11.7 Å². The van der Waals surface area contributed by atoms with Crippen LogP contribution >= 0.6 is 11.8 Å². The number of fused-ring (bicyclic) bond motifs is 2. The van der Waals surface area contributed by atoms with Gasteiger partial charge in [0.2, 0.25) is 0 Å². The lowest BCUT2D eigenvalue weighted by Crippen LogP contribution is -2.47. The summed E-state index contributed by atoms with van der Waals surface area (Å²) in [5, 5.41) is 9.06. The Morgan fingerprint density at radius 3 is 2.40 bits per heavy atom. The summed E-state index contributed by atoms with van der Waals surface area (Å²) in [6.45, 7) is 5.36. The van der Waals surface area contributed by atoms with Gasteiger partial charge in [0.1, 0.15) is 0 Å². The summed E-state index contributed by atoms with van der Waals surface area (Å²) in [7, 11) is 0. The van der Waals surface area contributed by atoms with Crippen molar-refractivity contribution in [2.24, 2.45) is 0 Å². The molecular formula is C23H25F3N2OS. The van der Waals surface area contributed by atoms with Crippen molar-refractivity contribution in [3.63, 3.8) is 0 Å². The maximum absolute atomic E-state index is 13.3. The second-order valence-corrected chi connectivity index (χ2v) is 8.75. The SMILES string of the molecule is OCCN1CCN(CC=CC2c3ccccc3Sc3ccc(C(F)(F)F)cc32)CC1. The maximum Gasteiger partial charge on any atom is 0.416 e. The third kappa shape index (κ3) is 4.75. The van der Waals surface area contributed by atoms with Crippen molar-refractivity contribution >= 4 is 11.8 Å². The minimum atomic E-state index is -4.35. The van der Waals surface area contributed by atoms with Crippen molar-refractivity contribution in [1.29, 1.82) is 0 Å². The Balaban J connectivity index is 1.54. The van der Waals surface area contributed by atoms with Gasteiger partial charge < -0.3 is 5.11 Å². The van der Waals surface area contributed by atoms with E-state index in [1.54, 1.807) is 6.07 Å². The number of β-amino-alcohol motifs (C(OH)–C–C–N with tert-alkyl or cyclic N) is 1. The van der Waals surface area contributed by atoms with Crippen LogP contribution in [0.5, 0.6) is 0 Å². The first-order chi connectivity index (χ1) is 14.5. The molecule has 1 N–H and O–H groups in total. The highest BCUT2D eigenvalue weighted by atomic mass is 32.2. The molecule has 2 aromatic carbocycles. The number of nitrogens with zero attached hydrogens (tertiary/aromatic N) is 2. The molecule has 1 saturated heterocycles. The zero-order valence-corrected chi connectivity index (χ0v) is 17.4. The van der Waals surface area contributed by atoms with Crippen molar-refractivity contribution in [2.45, 2.75) is 21.9 Å². The van der Waals surface area contributed by atoms with Crippen LogP contribution in [0.3, 0.4) is 0 Å². The van der Waals surface area contributed by atoms with Crippen LogP contribution in [-0.2, 0) is 6.18 Å². The van der Waals surface area contributed by atoms with Gasteiger partial charge in [0.25, 0.3) is 0 Å². The number of hydrogen-bond donors (Lipinski definition) is 1. The predicted octanol–water partition coefficient (Wildman–Crippen LogP) is 4.47. The minimum Gasteiger partial charge on any atom is -0.395 e. The number of hydrogen-bond acceptors (Lipinski definition) is 4. The van der Waals surface area contributed by atoms with E-state index in [0.717, 1.165) is 53.6 Å². The molecule has 1 unspecified atom stereocenters. The Morgan fingerprint density at radius 1 is 0.967 bits per heavy atom. The minimum absolute atomic E-state index is 0.179. The van der Waals surface area contributed by atoms with E-state index in [9.17, 15) is 13.2 Å². The highest BCUT2D eigenvalue weighted by Crippen LogP contribution is 2.47. The fourth-order valence-electron chi connectivity index (χ4n) is 4.07. The molecule has 2 aliphatic heterocycles. The van der Waals surface area contributed by atoms with Crippen LogP contribution < -0.4 is 0 Å². The molecule has 3 nitrogen and oxygen atoms in total. The molecule has 7 heteroatoms. The summed E-state index contributed by atoms with van der Waals surface area (Å²) in [5.74, 6) is -0.185. The van der Waals surface area contributed by atoms with Crippen LogP contribution in [0.25, 0.3) is 0 Å². The molecule has 0 aromatic heterocycles. The van der Waals surface area contributed by atoms with E-state index in [1.807, 2.05) is 24.3 Å². The van der Waals surface area contributed by atoms with Crippen molar-refractivity contribution in [3.05, 3.63) is 71.3 Å². The number of alkyl halides is 3. The second kappa shape index (κ2) is 9.14. The van der Waals surface area contributed by atoms with Gasteiger partial charge in [0.15, 0.2) is 0 Å². The second-order valence-electron chi connectivity index (χ2n) is 7.66. The number of aliphatic hydroxyl groups is 1. The van der Waals surface area contributed by atoms with Crippen LogP contribution in [0, 0.1) is 0 Å². The van der Waals surface area contributed by atoms with Gasteiger partial charge in [-0.25, -0.2) is 0 Å². The van der Waals surface area contributed by atoms with E-state index >= 15 is 0 Å². The van der Waals surface area contributed by atoms with E-state index in [4.69, 9.17) is 5.11 Å². The molecule has 30 heavy (non-hydrogen) atoms. The van der Waals surface area contributed by atoms with Crippen molar-refractivity contribution in [3.8, 4) is 0 Å². The zero-order valence-electron chi connectivity index (χ0n) is 16.6. The standard InChI is InChI=1S/C23H25F3N2OS/c24-23(25,26)17-7-8-22-20(16-17)18(19-4-1-2-6-21(19)30-22)5-3-9-27-10-12-28(13-11-27)14-15-29/h1-8,16,18,29H,9-15H2. The lowest BCUT2D eigenvalue weighted by molar-refractivity contribution is -0.137. The largest absolute Gasteiger partial charge is 0.416 e. The molecule has 160 valence electrons. The molecule has 2 aliphatic rings. The average Bonchev–Trinajstić information content (AvgIpc) is 2.73. The molecule has 1 fully saturated rings. The number of piperazine rings is 1. The highest BCUT2D eigenvalue weighted by Gasteiger charge is 2.33. The molecule has 0 spiro atoms. The highest BCUT2D eigenvalue weighted by molar-refractivity contribution is 7.99. The summed E-state index contributed by atoms with van der Waals surface area (Å²) >= 11 is 1.53. The zero-order chi connectivity index (χ0) is 21.1. The molecule has 0 saturated carbocycles. The summed E-state index contributed by atoms with van der Waals surface area (Å²) in [4.78, 5) is 6.55. The lowest BCUT2D eigenvalue weighted by Gasteiger charge is -2.33. The fraction of sp³-hybridized carbons (Fsp3) is 0.391. The first kappa shape index (κ1) is 21.4. The smallest absolute Gasteiger partial charge is 0.395 e. The van der Waals surface area contributed by atoms with Gasteiger partial charge in [-0.2, -0.15) is 13.2 Å². The number of allylic oxidation sites excluding steroid dienone is 1. The van der Waals surface area contributed by atoms with E-state index in [-0.39, 0.29) is 12.5 Å². The van der Waals surface area contributed by atoms with Gasteiger partial charge in [-0.1, -0.05) is 42.1 Å². The van der Waals surface area contributed by atoms with Crippen molar-refractivity contribution in [2.75, 3.05) is 45.9 Å². The Morgan fingerprint density at radius 2 is 1.67 bits per heavy atom. The van der Waals surface area contributed by atoms with Crippen LogP contribution in [0.15, 0.2) is 64.4 Å². The lowest BCUT2D eigenvalue weighted by atomic mass is 9.89. The van der Waals surface area contributed by atoms with Gasteiger partial charge in [-0.3, -0.25) is 9.80 Å². The first-order valence-electron chi connectivity index (χ1n) is 10.2. The van der Waals surface area contributed by atoms with Crippen LogP contribution in [-0.4, -0.2) is 60.8 Å². The molecule has 1 atom stereocenters. The maximum atomic E-state index is 13.3. The number of aliphatic hydroxyl groups excluding tert-OH is 1. The predicted molar refractivity (Wildman–Crippen MR) is 113 cm³/mol. The van der Waals surface area contributed by atoms with Crippen LogP contribution in [0.1, 0.15) is 22.6 Å². The van der Waals surface area contributed by atoms with E-state index in [2.05, 4.69) is 22.0 Å². The van der Waals surface area contributed by atoms with E-state index in [0.29, 0.717) is 6.54 Å². The van der Waals surface area contributed by atoms with Gasteiger partial charge in [0.05, 0.1) is 12.2 Å². The van der Waals surface area contributed by atoms with Crippen molar-refractivity contribution < 1.29 is 18.3 Å². The molecule has 0 aliphatic carbocycles. The summed E-state index contributed by atoms with van der Waals surface area (Å²) < 4.78 is 39.9.